The molecule has 0 atom stereocenters. The van der Waals surface area contributed by atoms with Crippen LogP contribution in [0.15, 0.2) is 24.3 Å². The lowest BCUT2D eigenvalue weighted by Gasteiger charge is -2.36. The van der Waals surface area contributed by atoms with Gasteiger partial charge in [0.15, 0.2) is 0 Å². The van der Waals surface area contributed by atoms with Crippen molar-refractivity contribution < 1.29 is 14.3 Å². The molecule has 1 aromatic carbocycles. The number of imide groups is 1. The van der Waals surface area contributed by atoms with Crippen molar-refractivity contribution in [1.29, 1.82) is 0 Å². The fourth-order valence-corrected chi connectivity index (χ4v) is 2.83. The van der Waals surface area contributed by atoms with Gasteiger partial charge in [-0.05, 0) is 18.6 Å². The minimum atomic E-state index is -0.411. The standard InChI is InChI=1S/C18H28N4O3/c1-3-4-9-19-18(24)20-17(23)14-21-10-12-22(13-11-21)15-7-5-6-8-16(15)25-2/h5-8H,3-4,9-14H2,1-2H3,(H2,19,20,23,24). The second kappa shape index (κ2) is 9.88. The van der Waals surface area contributed by atoms with Gasteiger partial charge in [0.1, 0.15) is 5.75 Å². The van der Waals surface area contributed by atoms with Crippen molar-refractivity contribution in [2.75, 3.05) is 51.3 Å². The molecule has 1 saturated heterocycles. The van der Waals surface area contributed by atoms with E-state index in [2.05, 4.69) is 27.4 Å². The zero-order valence-electron chi connectivity index (χ0n) is 15.1. The Kier molecular flexibility index (Phi) is 7.53. The van der Waals surface area contributed by atoms with Crippen LogP contribution < -0.4 is 20.3 Å². The summed E-state index contributed by atoms with van der Waals surface area (Å²) in [5.74, 6) is 0.595. The molecule has 0 aliphatic carbocycles. The number of carbonyl (C=O) groups is 2. The van der Waals surface area contributed by atoms with Crippen LogP contribution in [-0.2, 0) is 4.79 Å². The highest BCUT2D eigenvalue weighted by atomic mass is 16.5. The first kappa shape index (κ1) is 19.1. The Morgan fingerprint density at radius 1 is 1.16 bits per heavy atom. The highest BCUT2D eigenvalue weighted by Gasteiger charge is 2.21. The van der Waals surface area contributed by atoms with Crippen LogP contribution in [0.3, 0.4) is 0 Å². The van der Waals surface area contributed by atoms with E-state index in [0.29, 0.717) is 6.54 Å². The summed E-state index contributed by atoms with van der Waals surface area (Å²) in [5.41, 5.74) is 1.07. The van der Waals surface area contributed by atoms with E-state index in [1.165, 1.54) is 0 Å². The average Bonchev–Trinajstić information content (AvgIpc) is 2.62. The maximum atomic E-state index is 12.0. The van der Waals surface area contributed by atoms with E-state index >= 15 is 0 Å². The van der Waals surface area contributed by atoms with Crippen molar-refractivity contribution >= 4 is 17.6 Å². The Balaban J connectivity index is 1.75. The number of rotatable bonds is 7. The Bertz CT molecular complexity index is 571. The topological polar surface area (TPSA) is 73.9 Å². The van der Waals surface area contributed by atoms with E-state index in [9.17, 15) is 9.59 Å². The SMILES string of the molecule is CCCCNC(=O)NC(=O)CN1CCN(c2ccccc2OC)CC1. The molecule has 1 aliphatic heterocycles. The molecule has 2 N–H and O–H groups in total. The first-order chi connectivity index (χ1) is 12.1. The molecule has 3 amide bonds. The molecule has 0 unspecified atom stereocenters. The third kappa shape index (κ3) is 5.94. The minimum Gasteiger partial charge on any atom is -0.495 e. The quantitative estimate of drug-likeness (QED) is 0.730. The normalized spacial score (nSPS) is 14.9. The third-order valence-corrected chi connectivity index (χ3v) is 4.23. The lowest BCUT2D eigenvalue weighted by atomic mass is 10.2. The number of anilines is 1. The summed E-state index contributed by atoms with van der Waals surface area (Å²) in [5, 5.41) is 5.06. The summed E-state index contributed by atoms with van der Waals surface area (Å²) >= 11 is 0. The molecule has 25 heavy (non-hydrogen) atoms. The summed E-state index contributed by atoms with van der Waals surface area (Å²) in [6.45, 7) is 6.04. The maximum Gasteiger partial charge on any atom is 0.321 e. The van der Waals surface area contributed by atoms with Gasteiger partial charge in [0.05, 0.1) is 19.3 Å². The van der Waals surface area contributed by atoms with Crippen molar-refractivity contribution in [1.82, 2.24) is 15.5 Å². The van der Waals surface area contributed by atoms with E-state index in [-0.39, 0.29) is 12.5 Å². The van der Waals surface area contributed by atoms with Crippen LogP contribution in [-0.4, -0.2) is 63.2 Å². The van der Waals surface area contributed by atoms with Crippen LogP contribution in [0.4, 0.5) is 10.5 Å². The summed E-state index contributed by atoms with van der Waals surface area (Å²) in [4.78, 5) is 27.9. The number of hydrogen-bond donors (Lipinski definition) is 2. The molecule has 7 heteroatoms. The smallest absolute Gasteiger partial charge is 0.321 e. The number of methoxy groups -OCH3 is 1. The molecule has 1 fully saturated rings. The summed E-state index contributed by atoms with van der Waals surface area (Å²) in [6, 6.07) is 7.53. The van der Waals surface area contributed by atoms with Crippen LogP contribution in [0.25, 0.3) is 0 Å². The molecular weight excluding hydrogens is 320 g/mol. The number of nitrogens with zero attached hydrogens (tertiary/aromatic N) is 2. The molecule has 0 saturated carbocycles. The highest BCUT2D eigenvalue weighted by Crippen LogP contribution is 2.28. The zero-order valence-corrected chi connectivity index (χ0v) is 15.1. The first-order valence-electron chi connectivity index (χ1n) is 8.82. The summed E-state index contributed by atoms with van der Waals surface area (Å²) in [7, 11) is 1.67. The Morgan fingerprint density at radius 3 is 2.56 bits per heavy atom. The van der Waals surface area contributed by atoms with Gasteiger partial charge in [-0.25, -0.2) is 4.79 Å². The van der Waals surface area contributed by atoms with Crippen LogP contribution in [0.5, 0.6) is 5.75 Å². The first-order valence-corrected chi connectivity index (χ1v) is 8.82. The van der Waals surface area contributed by atoms with Crippen LogP contribution >= 0.6 is 0 Å². The molecule has 0 bridgehead atoms. The number of urea groups is 1. The van der Waals surface area contributed by atoms with Gasteiger partial charge in [-0.15, -0.1) is 0 Å². The predicted octanol–water partition coefficient (Wildman–Crippen LogP) is 1.44. The van der Waals surface area contributed by atoms with Gasteiger partial charge < -0.3 is 15.0 Å². The van der Waals surface area contributed by atoms with Crippen molar-refractivity contribution in [3.8, 4) is 5.75 Å². The summed E-state index contributed by atoms with van der Waals surface area (Å²) < 4.78 is 5.41. The molecule has 1 heterocycles. The lowest BCUT2D eigenvalue weighted by molar-refractivity contribution is -0.121. The van der Waals surface area contributed by atoms with Gasteiger partial charge in [-0.1, -0.05) is 25.5 Å². The molecule has 0 aromatic heterocycles. The molecular formula is C18H28N4O3. The molecule has 138 valence electrons. The lowest BCUT2D eigenvalue weighted by Crippen LogP contribution is -2.51. The Morgan fingerprint density at radius 2 is 1.88 bits per heavy atom. The fraction of sp³-hybridized carbons (Fsp3) is 0.556. The largest absolute Gasteiger partial charge is 0.495 e. The maximum absolute atomic E-state index is 12.0. The second-order valence-corrected chi connectivity index (χ2v) is 6.09. The van der Waals surface area contributed by atoms with Gasteiger partial charge in [-0.2, -0.15) is 0 Å². The molecule has 7 nitrogen and oxygen atoms in total. The van der Waals surface area contributed by atoms with Crippen LogP contribution in [0.1, 0.15) is 19.8 Å². The van der Waals surface area contributed by atoms with Crippen molar-refractivity contribution in [2.24, 2.45) is 0 Å². The third-order valence-electron chi connectivity index (χ3n) is 4.23. The van der Waals surface area contributed by atoms with Crippen molar-refractivity contribution in [3.63, 3.8) is 0 Å². The number of para-hydroxylation sites is 2. The van der Waals surface area contributed by atoms with E-state index in [1.807, 2.05) is 24.3 Å². The number of hydrogen-bond acceptors (Lipinski definition) is 5. The molecule has 1 aromatic rings. The number of piperazine rings is 1. The molecule has 0 spiro atoms. The summed E-state index contributed by atoms with van der Waals surface area (Å²) in [6.07, 6.45) is 1.91. The van der Waals surface area contributed by atoms with Crippen LogP contribution in [0.2, 0.25) is 0 Å². The number of amides is 3. The average molecular weight is 348 g/mol. The predicted molar refractivity (Wildman–Crippen MR) is 98.1 cm³/mol. The molecule has 1 aliphatic rings. The van der Waals surface area contributed by atoms with E-state index in [1.54, 1.807) is 7.11 Å². The number of ether oxygens (including phenoxy) is 1. The van der Waals surface area contributed by atoms with E-state index in [0.717, 1.165) is 50.5 Å². The fourth-order valence-electron chi connectivity index (χ4n) is 2.83. The Hall–Kier alpha value is -2.28. The van der Waals surface area contributed by atoms with E-state index < -0.39 is 6.03 Å². The van der Waals surface area contributed by atoms with Gasteiger partial charge >= 0.3 is 6.03 Å². The number of unbranched alkanes of at least 4 members (excludes halogenated alkanes) is 1. The zero-order chi connectivity index (χ0) is 18.1. The van der Waals surface area contributed by atoms with Gasteiger partial charge in [0, 0.05) is 32.7 Å². The second-order valence-electron chi connectivity index (χ2n) is 6.09. The van der Waals surface area contributed by atoms with Crippen molar-refractivity contribution in [2.45, 2.75) is 19.8 Å². The van der Waals surface area contributed by atoms with Gasteiger partial charge in [0.25, 0.3) is 0 Å². The van der Waals surface area contributed by atoms with Gasteiger partial charge in [-0.3, -0.25) is 15.0 Å². The Labute approximate surface area is 149 Å². The number of benzene rings is 1. The number of carbonyl (C=O) groups excluding carboxylic acids is 2. The molecule has 0 radical (unpaired) electrons. The monoisotopic (exact) mass is 348 g/mol. The van der Waals surface area contributed by atoms with E-state index in [4.69, 9.17) is 4.74 Å². The van der Waals surface area contributed by atoms with Crippen molar-refractivity contribution in [3.05, 3.63) is 24.3 Å². The number of nitrogens with one attached hydrogen (secondary N) is 2. The highest BCUT2D eigenvalue weighted by molar-refractivity contribution is 5.95. The minimum absolute atomic E-state index is 0.237. The van der Waals surface area contributed by atoms with Crippen LogP contribution in [0, 0.1) is 0 Å². The van der Waals surface area contributed by atoms with Gasteiger partial charge in [0.2, 0.25) is 5.91 Å². The molecule has 2 rings (SSSR count).